The van der Waals surface area contributed by atoms with Crippen molar-refractivity contribution < 1.29 is 17.9 Å². The van der Waals surface area contributed by atoms with E-state index < -0.39 is 11.7 Å². The number of halogens is 3. The van der Waals surface area contributed by atoms with E-state index in [2.05, 4.69) is 15.5 Å². The molecule has 2 atom stereocenters. The molecule has 0 aliphatic carbocycles. The Balaban J connectivity index is 1.45. The van der Waals surface area contributed by atoms with Crippen LogP contribution in [0.25, 0.3) is 11.1 Å². The molecule has 0 amide bonds. The number of ether oxygens (including phenoxy) is 1. The van der Waals surface area contributed by atoms with E-state index >= 15 is 0 Å². The number of nitrogens with zero attached hydrogens (tertiary/aromatic N) is 4. The first-order chi connectivity index (χ1) is 14.3. The molecule has 0 bridgehead atoms. The lowest BCUT2D eigenvalue weighted by molar-refractivity contribution is -0.137. The molecule has 1 N–H and O–H groups in total. The SMILES string of the molecule is Cn1cc(-c2cnn(C3CNCC3OCc3ccc(C(F)(F)F)cc3)c(=O)c2)cn1. The first kappa shape index (κ1) is 20.3. The van der Waals surface area contributed by atoms with Crippen LogP contribution in [0.1, 0.15) is 17.2 Å². The van der Waals surface area contributed by atoms with Gasteiger partial charge in [0.05, 0.1) is 36.7 Å². The van der Waals surface area contributed by atoms with Crippen LogP contribution in [0.2, 0.25) is 0 Å². The minimum atomic E-state index is -4.37. The lowest BCUT2D eigenvalue weighted by atomic mass is 10.1. The molecule has 0 spiro atoms. The number of alkyl halides is 3. The second-order valence-corrected chi connectivity index (χ2v) is 7.20. The molecule has 1 aliphatic rings. The first-order valence-corrected chi connectivity index (χ1v) is 9.37. The number of hydrogen-bond acceptors (Lipinski definition) is 5. The summed E-state index contributed by atoms with van der Waals surface area (Å²) < 4.78 is 47.0. The van der Waals surface area contributed by atoms with Crippen LogP contribution in [-0.4, -0.2) is 38.8 Å². The Morgan fingerprint density at radius 3 is 2.50 bits per heavy atom. The predicted molar refractivity (Wildman–Crippen MR) is 103 cm³/mol. The van der Waals surface area contributed by atoms with Crippen LogP contribution in [0.4, 0.5) is 13.2 Å². The van der Waals surface area contributed by atoms with Crippen molar-refractivity contribution in [1.82, 2.24) is 24.9 Å². The molecule has 1 saturated heterocycles. The maximum atomic E-state index is 12.7. The van der Waals surface area contributed by atoms with Gasteiger partial charge in [-0.1, -0.05) is 12.1 Å². The Labute approximate surface area is 170 Å². The van der Waals surface area contributed by atoms with E-state index in [4.69, 9.17) is 4.74 Å². The van der Waals surface area contributed by atoms with Crippen LogP contribution < -0.4 is 10.9 Å². The summed E-state index contributed by atoms with van der Waals surface area (Å²) in [6, 6.07) is 6.06. The first-order valence-electron chi connectivity index (χ1n) is 9.37. The van der Waals surface area contributed by atoms with Gasteiger partial charge in [0.15, 0.2) is 0 Å². The van der Waals surface area contributed by atoms with Gasteiger partial charge in [-0.3, -0.25) is 9.48 Å². The maximum Gasteiger partial charge on any atom is 0.416 e. The zero-order valence-electron chi connectivity index (χ0n) is 16.1. The average Bonchev–Trinajstić information content (AvgIpc) is 3.35. The van der Waals surface area contributed by atoms with Crippen molar-refractivity contribution in [3.8, 4) is 11.1 Å². The summed E-state index contributed by atoms with van der Waals surface area (Å²) in [6.45, 7) is 1.17. The summed E-state index contributed by atoms with van der Waals surface area (Å²) in [5, 5.41) is 11.6. The van der Waals surface area contributed by atoms with E-state index in [-0.39, 0.29) is 24.3 Å². The number of rotatable bonds is 5. The van der Waals surface area contributed by atoms with Crippen LogP contribution in [0.15, 0.2) is 53.7 Å². The Kier molecular flexibility index (Phi) is 5.44. The Bertz CT molecular complexity index is 1080. The van der Waals surface area contributed by atoms with Gasteiger partial charge in [-0.15, -0.1) is 0 Å². The molecule has 2 unspecified atom stereocenters. The van der Waals surface area contributed by atoms with Gasteiger partial charge < -0.3 is 10.1 Å². The zero-order valence-corrected chi connectivity index (χ0v) is 16.1. The van der Waals surface area contributed by atoms with Crippen LogP contribution >= 0.6 is 0 Å². The van der Waals surface area contributed by atoms with Gasteiger partial charge in [0.25, 0.3) is 5.56 Å². The minimum absolute atomic E-state index is 0.142. The van der Waals surface area contributed by atoms with Crippen molar-refractivity contribution in [3.63, 3.8) is 0 Å². The molecule has 158 valence electrons. The summed E-state index contributed by atoms with van der Waals surface area (Å²) in [4.78, 5) is 12.6. The second kappa shape index (κ2) is 8.04. The third kappa shape index (κ3) is 4.29. The predicted octanol–water partition coefficient (Wildman–Crippen LogP) is 2.39. The third-order valence-corrected chi connectivity index (χ3v) is 5.05. The molecule has 0 radical (unpaired) electrons. The zero-order chi connectivity index (χ0) is 21.3. The van der Waals surface area contributed by atoms with E-state index in [1.54, 1.807) is 30.3 Å². The van der Waals surface area contributed by atoms with E-state index in [0.29, 0.717) is 24.2 Å². The maximum absolute atomic E-state index is 12.7. The molecular formula is C20H20F3N5O2. The van der Waals surface area contributed by atoms with Crippen LogP contribution in [0.3, 0.4) is 0 Å². The molecule has 30 heavy (non-hydrogen) atoms. The average molecular weight is 419 g/mol. The summed E-state index contributed by atoms with van der Waals surface area (Å²) in [6.07, 6.45) is 0.377. The van der Waals surface area contributed by atoms with Crippen LogP contribution in [0.5, 0.6) is 0 Å². The molecular weight excluding hydrogens is 399 g/mol. The van der Waals surface area contributed by atoms with Gasteiger partial charge in [0, 0.05) is 43.5 Å². The third-order valence-electron chi connectivity index (χ3n) is 5.05. The Morgan fingerprint density at radius 2 is 1.87 bits per heavy atom. The molecule has 3 heterocycles. The number of aryl methyl sites for hydroxylation is 1. The minimum Gasteiger partial charge on any atom is -0.370 e. The highest BCUT2D eigenvalue weighted by molar-refractivity contribution is 5.59. The topological polar surface area (TPSA) is 74.0 Å². The molecule has 2 aromatic heterocycles. The number of nitrogens with one attached hydrogen (secondary N) is 1. The van der Waals surface area contributed by atoms with Crippen molar-refractivity contribution in [3.05, 3.63) is 70.4 Å². The van der Waals surface area contributed by atoms with Gasteiger partial charge in [-0.05, 0) is 17.7 Å². The molecule has 3 aromatic rings. The Morgan fingerprint density at radius 1 is 1.13 bits per heavy atom. The second-order valence-electron chi connectivity index (χ2n) is 7.20. The highest BCUT2D eigenvalue weighted by Crippen LogP contribution is 2.29. The monoisotopic (exact) mass is 419 g/mol. The van der Waals surface area contributed by atoms with Crippen molar-refractivity contribution in [2.45, 2.75) is 24.9 Å². The summed E-state index contributed by atoms with van der Waals surface area (Å²) in [5.41, 5.74) is 1.15. The number of hydrogen-bond donors (Lipinski definition) is 1. The molecule has 1 aliphatic heterocycles. The normalized spacial score (nSPS) is 19.3. The van der Waals surface area contributed by atoms with Gasteiger partial charge in [0.1, 0.15) is 0 Å². The highest BCUT2D eigenvalue weighted by Gasteiger charge is 2.32. The molecule has 7 nitrogen and oxygen atoms in total. The number of benzene rings is 1. The largest absolute Gasteiger partial charge is 0.416 e. The lowest BCUT2D eigenvalue weighted by Crippen LogP contribution is -2.34. The summed E-state index contributed by atoms with van der Waals surface area (Å²) in [7, 11) is 1.79. The van der Waals surface area contributed by atoms with Crippen molar-refractivity contribution in [2.75, 3.05) is 13.1 Å². The van der Waals surface area contributed by atoms with Crippen molar-refractivity contribution in [1.29, 1.82) is 0 Å². The van der Waals surface area contributed by atoms with Gasteiger partial charge in [-0.2, -0.15) is 23.4 Å². The number of aromatic nitrogens is 4. The standard InChI is InChI=1S/C20H20F3N5O2/c1-27-11-15(8-25-27)14-6-19(29)28(26-7-14)17-9-24-10-18(17)30-12-13-2-4-16(5-3-13)20(21,22)23/h2-8,11,17-18,24H,9-10,12H2,1H3. The van der Waals surface area contributed by atoms with Gasteiger partial charge >= 0.3 is 6.18 Å². The smallest absolute Gasteiger partial charge is 0.370 e. The van der Waals surface area contributed by atoms with Gasteiger partial charge in [0.2, 0.25) is 0 Å². The van der Waals surface area contributed by atoms with Crippen molar-refractivity contribution in [2.24, 2.45) is 7.05 Å². The van der Waals surface area contributed by atoms with Gasteiger partial charge in [-0.25, -0.2) is 4.68 Å². The van der Waals surface area contributed by atoms with E-state index in [9.17, 15) is 18.0 Å². The van der Waals surface area contributed by atoms with Crippen LogP contribution in [-0.2, 0) is 24.6 Å². The fraction of sp³-hybridized carbons (Fsp3) is 0.350. The molecule has 1 fully saturated rings. The lowest BCUT2D eigenvalue weighted by Gasteiger charge is -2.20. The van der Waals surface area contributed by atoms with E-state index in [0.717, 1.165) is 17.7 Å². The Hall–Kier alpha value is -2.98. The quantitative estimate of drug-likeness (QED) is 0.688. The highest BCUT2D eigenvalue weighted by atomic mass is 19.4. The van der Waals surface area contributed by atoms with E-state index in [1.165, 1.54) is 22.9 Å². The van der Waals surface area contributed by atoms with E-state index in [1.807, 2.05) is 0 Å². The summed E-state index contributed by atoms with van der Waals surface area (Å²) >= 11 is 0. The fourth-order valence-electron chi connectivity index (χ4n) is 3.44. The fourth-order valence-corrected chi connectivity index (χ4v) is 3.44. The molecule has 4 rings (SSSR count). The molecule has 0 saturated carbocycles. The van der Waals surface area contributed by atoms with Crippen molar-refractivity contribution >= 4 is 0 Å². The summed E-state index contributed by atoms with van der Waals surface area (Å²) in [5.74, 6) is 0. The molecule has 1 aromatic carbocycles. The van der Waals surface area contributed by atoms with Crippen LogP contribution in [0, 0.1) is 0 Å². The molecule has 10 heteroatoms.